The standard InChI is InChI=1S/C62H86N12O16/c1-27(2)42-59(84)73-23-17-19-36(73)57(82)69(13)25-38(75)71(15)48(29(5)6)61(86)88-33(11)44(55(80)65-42)67-53(78)35-22-21-31(9)51-46(35)64-47-40(41(63)50(77)32(10)52(47)90-51)54(79)68-45-34(12)89-62(87)49(30(7)8)72(16)39(76)26-70(14)58(83)37-20-18-24-74(37)60(85)43(28(3)4)66-56(45)81/h21-22,27-30,33-34,36-37,42-45,48-49H,17-20,23-26,63H2,1-16H3,(H,65,80)(H,66,81)(H,67,78)(H,68,79)/t33?,34?,36-,37-,42+,43+,44?,45?,48?,49?/m0/s1. The number of nitrogens with one attached hydrogen (secondary N) is 4. The lowest BCUT2D eigenvalue weighted by molar-refractivity contribution is -0.163. The molecule has 0 bridgehead atoms. The number of carbonyl (C=O) groups is 12. The number of esters is 2. The lowest BCUT2D eigenvalue weighted by Gasteiger charge is -2.36. The predicted octanol–water partition coefficient (Wildman–Crippen LogP) is 0.726. The number of benzene rings is 2. The van der Waals surface area contributed by atoms with E-state index in [4.69, 9.17) is 24.6 Å². The smallest absolute Gasteiger partial charge is 0.329 e. The van der Waals surface area contributed by atoms with Crippen LogP contribution < -0.4 is 32.4 Å². The number of likely N-dealkylation sites (N-methyl/N-ethyl adjacent to an activating group) is 4. The molecule has 6 aliphatic rings. The second-order valence-electron chi connectivity index (χ2n) is 25.5. The van der Waals surface area contributed by atoms with Crippen LogP contribution in [0.1, 0.15) is 127 Å². The average Bonchev–Trinajstić information content (AvgIpc) is 0.893. The summed E-state index contributed by atoms with van der Waals surface area (Å²) >= 11 is 0. The van der Waals surface area contributed by atoms with Crippen molar-refractivity contribution >= 4 is 87.8 Å². The maximum absolute atomic E-state index is 15.2. The van der Waals surface area contributed by atoms with E-state index in [0.717, 1.165) is 9.80 Å². The van der Waals surface area contributed by atoms with E-state index in [1.807, 2.05) is 0 Å². The van der Waals surface area contributed by atoms with Gasteiger partial charge in [-0.2, -0.15) is 0 Å². The number of nitrogen functional groups attached to an aromatic ring is 1. The zero-order valence-corrected chi connectivity index (χ0v) is 54.1. The van der Waals surface area contributed by atoms with Gasteiger partial charge in [-0.1, -0.05) is 61.5 Å². The highest BCUT2D eigenvalue weighted by Gasteiger charge is 2.46. The maximum atomic E-state index is 15.2. The Kier molecular flexibility index (Phi) is 21.1. The Hall–Kier alpha value is -8.72. The van der Waals surface area contributed by atoms with Gasteiger partial charge in [0.2, 0.25) is 52.7 Å². The Morgan fingerprint density at radius 3 is 1.44 bits per heavy atom. The molecule has 4 saturated heterocycles. The van der Waals surface area contributed by atoms with Crippen molar-refractivity contribution in [3.05, 3.63) is 44.6 Å². The topological polar surface area (TPSA) is 360 Å². The number of ether oxygens (including phenoxy) is 2. The lowest BCUT2D eigenvalue weighted by Crippen LogP contribution is -2.61. The number of hydrogen-bond acceptors (Lipinski definition) is 18. The van der Waals surface area contributed by atoms with Crippen LogP contribution in [0.15, 0.2) is 21.3 Å². The van der Waals surface area contributed by atoms with Gasteiger partial charge in [0.25, 0.3) is 11.8 Å². The number of nitrogens with zero attached hydrogens (tertiary/aromatic N) is 7. The van der Waals surface area contributed by atoms with E-state index in [2.05, 4.69) is 21.3 Å². The molecule has 28 nitrogen and oxygen atoms in total. The fourth-order valence-electron chi connectivity index (χ4n) is 12.3. The third-order valence-corrected chi connectivity index (χ3v) is 17.5. The number of fused-ring (bicyclic) bond motifs is 4. The number of anilines is 1. The molecule has 4 fully saturated rings. The quantitative estimate of drug-likeness (QED) is 0.118. The molecule has 1 aliphatic carbocycles. The Morgan fingerprint density at radius 2 is 1.03 bits per heavy atom. The van der Waals surface area contributed by atoms with Crippen LogP contribution in [-0.4, -0.2) is 220 Å². The second kappa shape index (κ2) is 27.6. The largest absolute Gasteiger partial charge is 0.458 e. The number of amides is 10. The summed E-state index contributed by atoms with van der Waals surface area (Å²) in [4.78, 5) is 199. The first kappa shape index (κ1) is 68.8. The average molecular weight is 1260 g/mol. The summed E-state index contributed by atoms with van der Waals surface area (Å²) in [5.74, 6) is -12.4. The monoisotopic (exact) mass is 1250 g/mol. The van der Waals surface area contributed by atoms with E-state index in [-0.39, 0.29) is 53.9 Å². The molecule has 7 rings (SSSR count). The summed E-state index contributed by atoms with van der Waals surface area (Å²) < 4.78 is 18.3. The van der Waals surface area contributed by atoms with Crippen LogP contribution in [0.3, 0.4) is 0 Å². The summed E-state index contributed by atoms with van der Waals surface area (Å²) in [5, 5.41) is 10.7. The van der Waals surface area contributed by atoms with Crippen molar-refractivity contribution in [3.8, 4) is 11.5 Å². The van der Waals surface area contributed by atoms with Crippen LogP contribution in [0.25, 0.3) is 22.6 Å². The molecule has 10 amide bonds. The summed E-state index contributed by atoms with van der Waals surface area (Å²) in [7, 11) is 5.59. The van der Waals surface area contributed by atoms with Gasteiger partial charge in [-0.3, -0.25) is 52.7 Å². The molecule has 1 aromatic carbocycles. The zero-order valence-electron chi connectivity index (χ0n) is 54.1. The number of rotatable bonds is 8. The molecule has 28 heteroatoms. The van der Waals surface area contributed by atoms with Gasteiger partial charge in [-0.05, 0) is 88.7 Å². The molecule has 6 N–H and O–H groups in total. The molecular formula is C62H86N12O16. The van der Waals surface area contributed by atoms with Crippen molar-refractivity contribution in [2.75, 3.05) is 60.1 Å². The number of aromatic nitrogens is 1. The van der Waals surface area contributed by atoms with Crippen molar-refractivity contribution in [2.45, 2.75) is 169 Å². The van der Waals surface area contributed by atoms with Gasteiger partial charge in [0.1, 0.15) is 71.8 Å². The lowest BCUT2D eigenvalue weighted by atomic mass is 9.98. The number of aryl methyl sites for hydroxylation is 1. The van der Waals surface area contributed by atoms with Gasteiger partial charge in [0.05, 0.1) is 29.9 Å². The van der Waals surface area contributed by atoms with Crippen molar-refractivity contribution in [1.29, 1.82) is 0 Å². The van der Waals surface area contributed by atoms with Crippen molar-refractivity contribution in [1.82, 2.24) is 55.7 Å². The predicted molar refractivity (Wildman–Crippen MR) is 325 cm³/mol. The van der Waals surface area contributed by atoms with E-state index < -0.39 is 191 Å². The number of cyclic esters (lactones) is 2. The Labute approximate surface area is 522 Å². The van der Waals surface area contributed by atoms with Crippen LogP contribution in [0.5, 0.6) is 0 Å². The van der Waals surface area contributed by atoms with Crippen LogP contribution in [-0.2, 0) is 57.4 Å². The van der Waals surface area contributed by atoms with Gasteiger partial charge in [0, 0.05) is 46.8 Å². The summed E-state index contributed by atoms with van der Waals surface area (Å²) in [6.07, 6.45) is -1.65. The summed E-state index contributed by atoms with van der Waals surface area (Å²) in [6.45, 7) is 18.4. The SMILES string of the molecule is Cc1c2oc3c(C)ccc(C(=O)NC4C(=O)N[C@H](C(C)C)C(=O)N5CCC[C@H]5C(=O)N(C)CC(=O)N(C)C(C(C)C)C(=O)OC4C)c3nc-2c(C(=O)NC2C(=O)N[C@H](C(C)C)C(=O)N3CCC[C@H]3C(=O)N(C)CC(=O)N(C)C(C(C)C)C(=O)OC2C)c(N)c1=O. The van der Waals surface area contributed by atoms with Crippen molar-refractivity contribution < 1.29 is 71.4 Å². The summed E-state index contributed by atoms with van der Waals surface area (Å²) in [6, 6.07) is -7.90. The molecular weight excluding hydrogens is 1170 g/mol. The highest BCUT2D eigenvalue weighted by atomic mass is 16.6. The second-order valence-corrected chi connectivity index (χ2v) is 25.5. The van der Waals surface area contributed by atoms with E-state index in [1.165, 1.54) is 80.7 Å². The minimum absolute atomic E-state index is 0.0763. The normalized spacial score (nSPS) is 26.2. The van der Waals surface area contributed by atoms with Gasteiger partial charge < -0.3 is 70.3 Å². The van der Waals surface area contributed by atoms with E-state index in [1.54, 1.807) is 62.3 Å². The molecule has 0 saturated carbocycles. The van der Waals surface area contributed by atoms with Gasteiger partial charge >= 0.3 is 11.9 Å². The van der Waals surface area contributed by atoms with Crippen molar-refractivity contribution in [2.24, 2.45) is 23.7 Å². The number of hydrogen-bond donors (Lipinski definition) is 5. The molecule has 0 aromatic heterocycles. The van der Waals surface area contributed by atoms with Crippen LogP contribution in [0, 0.1) is 37.5 Å². The molecule has 10 atom stereocenters. The third kappa shape index (κ3) is 13.7. The minimum Gasteiger partial charge on any atom is -0.458 e. The Bertz CT molecular complexity index is 3420. The number of nitrogens with two attached hydrogens (primary N) is 1. The van der Waals surface area contributed by atoms with Crippen LogP contribution >= 0.6 is 0 Å². The van der Waals surface area contributed by atoms with E-state index in [9.17, 15) is 52.7 Å². The zero-order chi connectivity index (χ0) is 67.0. The highest BCUT2D eigenvalue weighted by Crippen LogP contribution is 2.35. The highest BCUT2D eigenvalue weighted by molar-refractivity contribution is 6.10. The van der Waals surface area contributed by atoms with Crippen LogP contribution in [0.4, 0.5) is 5.69 Å². The molecule has 5 heterocycles. The first-order valence-electron chi connectivity index (χ1n) is 30.5. The molecule has 6 unspecified atom stereocenters. The maximum Gasteiger partial charge on any atom is 0.329 e. The van der Waals surface area contributed by atoms with E-state index >= 15 is 9.59 Å². The summed E-state index contributed by atoms with van der Waals surface area (Å²) in [5.41, 5.74) is 3.57. The fraction of sp³-hybridized carbons (Fsp3) is 0.613. The number of carbonyl (C=O) groups excluding carboxylic acids is 12. The van der Waals surface area contributed by atoms with E-state index in [0.29, 0.717) is 18.4 Å². The molecule has 5 aliphatic heterocycles. The van der Waals surface area contributed by atoms with Crippen molar-refractivity contribution in [3.63, 3.8) is 0 Å². The first-order chi connectivity index (χ1) is 42.1. The molecule has 0 spiro atoms. The van der Waals surface area contributed by atoms with Crippen LogP contribution in [0.2, 0.25) is 0 Å². The Balaban J connectivity index is 1.32. The van der Waals surface area contributed by atoms with Gasteiger partial charge in [-0.15, -0.1) is 0 Å². The molecule has 1 aromatic rings. The molecule has 490 valence electrons. The Morgan fingerprint density at radius 1 is 0.611 bits per heavy atom. The molecule has 90 heavy (non-hydrogen) atoms. The minimum atomic E-state index is -1.88. The fourth-order valence-corrected chi connectivity index (χ4v) is 12.3. The van der Waals surface area contributed by atoms with Gasteiger partial charge in [0.15, 0.2) is 11.3 Å². The first-order valence-corrected chi connectivity index (χ1v) is 30.5. The third-order valence-electron chi connectivity index (χ3n) is 17.5. The molecule has 0 radical (unpaired) electrons. The van der Waals surface area contributed by atoms with Gasteiger partial charge in [-0.25, -0.2) is 14.6 Å².